The largest absolute Gasteiger partial charge is 0.496 e. The first-order valence-electron chi connectivity index (χ1n) is 11.8. The van der Waals surface area contributed by atoms with Crippen molar-refractivity contribution in [3.8, 4) is 11.4 Å². The molecule has 0 fully saturated rings. The van der Waals surface area contributed by atoms with Crippen LogP contribution in [0.5, 0.6) is 5.75 Å². The molecule has 7 nitrogen and oxygen atoms in total. The first-order valence-corrected chi connectivity index (χ1v) is 12.8. The number of amides is 2. The van der Waals surface area contributed by atoms with Gasteiger partial charge in [0, 0.05) is 23.7 Å². The molecule has 2 heterocycles. The number of nitrogens with zero attached hydrogens (tertiary/aromatic N) is 3. The number of fused-ring (bicyclic) bond motifs is 1. The summed E-state index contributed by atoms with van der Waals surface area (Å²) in [6, 6.07) is 18.1. The lowest BCUT2D eigenvalue weighted by atomic mass is 10.0. The average molecular weight is 535 g/mol. The standard InChI is InChI=1S/C28H24F2N4O3S/c1-17-25-26(27(36)31-15-18-8-6-7-11-23(18)37-2)33(22-14-19(29)12-13-21(22)30)24(35)16-38-28(25)34(32-17)20-9-4-3-5-10-20/h3-14,26H,15-16H2,1-2H3,(H,31,36)/t26-/m1/s1. The predicted molar refractivity (Wildman–Crippen MR) is 140 cm³/mol. The first kappa shape index (κ1) is 25.5. The van der Waals surface area contributed by atoms with Crippen LogP contribution in [0.3, 0.4) is 0 Å². The van der Waals surface area contributed by atoms with Gasteiger partial charge in [0.15, 0.2) is 0 Å². The van der Waals surface area contributed by atoms with E-state index in [1.54, 1.807) is 23.7 Å². The van der Waals surface area contributed by atoms with Gasteiger partial charge in [-0.15, -0.1) is 0 Å². The van der Waals surface area contributed by atoms with Gasteiger partial charge in [0.25, 0.3) is 0 Å². The molecule has 2 amide bonds. The number of carbonyl (C=O) groups excluding carboxylic acids is 2. The highest BCUT2D eigenvalue weighted by molar-refractivity contribution is 8.00. The second kappa shape index (κ2) is 10.7. The van der Waals surface area contributed by atoms with Crippen LogP contribution in [0.1, 0.15) is 22.9 Å². The fourth-order valence-corrected chi connectivity index (χ4v) is 5.59. The van der Waals surface area contributed by atoms with Crippen molar-refractivity contribution in [1.82, 2.24) is 15.1 Å². The Morgan fingerprint density at radius 2 is 1.84 bits per heavy atom. The number of aromatic nitrogens is 2. The van der Waals surface area contributed by atoms with Crippen LogP contribution in [0.2, 0.25) is 0 Å². The SMILES string of the molecule is COc1ccccc1CNC(=O)[C@H]1c2c(C)nn(-c3ccccc3)c2SCC(=O)N1c1cc(F)ccc1F. The van der Waals surface area contributed by atoms with Crippen molar-refractivity contribution in [2.45, 2.75) is 24.5 Å². The molecule has 10 heteroatoms. The van der Waals surface area contributed by atoms with Crippen molar-refractivity contribution in [2.24, 2.45) is 0 Å². The number of nitrogens with one attached hydrogen (secondary N) is 1. The quantitative estimate of drug-likeness (QED) is 0.378. The van der Waals surface area contributed by atoms with E-state index in [-0.39, 0.29) is 18.0 Å². The minimum absolute atomic E-state index is 0.0986. The molecule has 4 aromatic rings. The zero-order valence-electron chi connectivity index (χ0n) is 20.7. The maximum Gasteiger partial charge on any atom is 0.248 e. The van der Waals surface area contributed by atoms with Gasteiger partial charge in [0.1, 0.15) is 28.5 Å². The number of carbonyl (C=O) groups is 2. The van der Waals surface area contributed by atoms with E-state index in [9.17, 15) is 14.0 Å². The van der Waals surface area contributed by atoms with Crippen LogP contribution in [0.25, 0.3) is 5.69 Å². The minimum atomic E-state index is -1.30. The minimum Gasteiger partial charge on any atom is -0.496 e. The molecule has 194 valence electrons. The predicted octanol–water partition coefficient (Wildman–Crippen LogP) is 4.96. The Bertz CT molecular complexity index is 1510. The van der Waals surface area contributed by atoms with Crippen LogP contribution in [-0.4, -0.2) is 34.5 Å². The van der Waals surface area contributed by atoms with E-state index < -0.39 is 29.5 Å². The maximum atomic E-state index is 15.1. The van der Waals surface area contributed by atoms with Gasteiger partial charge >= 0.3 is 0 Å². The Morgan fingerprint density at radius 1 is 1.11 bits per heavy atom. The number of para-hydroxylation sites is 2. The number of hydrogen-bond acceptors (Lipinski definition) is 5. The summed E-state index contributed by atoms with van der Waals surface area (Å²) in [6.07, 6.45) is 0. The molecule has 0 bridgehead atoms. The number of aryl methyl sites for hydroxylation is 1. The van der Waals surface area contributed by atoms with Gasteiger partial charge in [-0.25, -0.2) is 13.5 Å². The fraction of sp³-hybridized carbons (Fsp3) is 0.179. The van der Waals surface area contributed by atoms with Crippen LogP contribution >= 0.6 is 11.8 Å². The summed E-state index contributed by atoms with van der Waals surface area (Å²) in [7, 11) is 1.53. The lowest BCUT2D eigenvalue weighted by Crippen LogP contribution is -2.44. The zero-order valence-corrected chi connectivity index (χ0v) is 21.5. The summed E-state index contributed by atoms with van der Waals surface area (Å²) in [5.74, 6) is -2.15. The second-order valence-electron chi connectivity index (χ2n) is 8.63. The van der Waals surface area contributed by atoms with Crippen molar-refractivity contribution in [2.75, 3.05) is 17.8 Å². The number of methoxy groups -OCH3 is 1. The molecule has 1 atom stereocenters. The molecular weight excluding hydrogens is 510 g/mol. The molecule has 1 aromatic heterocycles. The molecule has 0 unspecified atom stereocenters. The normalized spacial score (nSPS) is 15.1. The van der Waals surface area contributed by atoms with Gasteiger partial charge in [-0.3, -0.25) is 14.5 Å². The third-order valence-electron chi connectivity index (χ3n) is 6.26. The zero-order chi connectivity index (χ0) is 26.8. The molecular formula is C28H24F2N4O3S. The van der Waals surface area contributed by atoms with Crippen LogP contribution in [0, 0.1) is 18.6 Å². The molecule has 3 aromatic carbocycles. The molecule has 0 spiro atoms. The number of anilines is 1. The average Bonchev–Trinajstić information content (AvgIpc) is 3.17. The summed E-state index contributed by atoms with van der Waals surface area (Å²) < 4.78 is 36.4. The molecule has 0 saturated heterocycles. The lowest BCUT2D eigenvalue weighted by Gasteiger charge is -2.30. The van der Waals surface area contributed by atoms with Crippen LogP contribution < -0.4 is 15.0 Å². The summed E-state index contributed by atoms with van der Waals surface area (Å²) in [5, 5.41) is 8.12. The molecule has 1 N–H and O–H groups in total. The van der Waals surface area contributed by atoms with E-state index in [0.717, 1.165) is 34.3 Å². The van der Waals surface area contributed by atoms with Crippen molar-refractivity contribution in [1.29, 1.82) is 0 Å². The van der Waals surface area contributed by atoms with E-state index in [1.807, 2.05) is 42.5 Å². The van der Waals surface area contributed by atoms with E-state index >= 15 is 4.39 Å². The van der Waals surface area contributed by atoms with E-state index in [1.165, 1.54) is 18.9 Å². The van der Waals surface area contributed by atoms with Crippen LogP contribution in [-0.2, 0) is 16.1 Å². The number of rotatable bonds is 6. The Balaban J connectivity index is 1.64. The summed E-state index contributed by atoms with van der Waals surface area (Å²) >= 11 is 1.20. The van der Waals surface area contributed by atoms with E-state index in [2.05, 4.69) is 10.4 Å². The molecule has 38 heavy (non-hydrogen) atoms. The molecule has 0 saturated carbocycles. The molecule has 1 aliphatic rings. The first-order chi connectivity index (χ1) is 18.4. The van der Waals surface area contributed by atoms with Gasteiger partial charge in [-0.2, -0.15) is 5.10 Å². The molecule has 0 aliphatic carbocycles. The number of ether oxygens (including phenoxy) is 1. The fourth-order valence-electron chi connectivity index (χ4n) is 4.51. The summed E-state index contributed by atoms with van der Waals surface area (Å²) in [6.45, 7) is 1.83. The Kier molecular flexibility index (Phi) is 7.15. The monoisotopic (exact) mass is 534 g/mol. The Labute approximate surface area is 222 Å². The molecule has 1 aliphatic heterocycles. The highest BCUT2D eigenvalue weighted by Crippen LogP contribution is 2.41. The highest BCUT2D eigenvalue weighted by atomic mass is 32.2. The van der Waals surface area contributed by atoms with Crippen molar-refractivity contribution < 1.29 is 23.1 Å². The highest BCUT2D eigenvalue weighted by Gasteiger charge is 2.41. The smallest absolute Gasteiger partial charge is 0.248 e. The number of hydrogen-bond donors (Lipinski definition) is 1. The van der Waals surface area contributed by atoms with Crippen molar-refractivity contribution in [3.63, 3.8) is 0 Å². The lowest BCUT2D eigenvalue weighted by molar-refractivity contribution is -0.126. The summed E-state index contributed by atoms with van der Waals surface area (Å²) in [4.78, 5) is 28.4. The number of thioether (sulfide) groups is 1. The Morgan fingerprint density at radius 3 is 2.61 bits per heavy atom. The van der Waals surface area contributed by atoms with E-state index in [4.69, 9.17) is 4.74 Å². The van der Waals surface area contributed by atoms with Crippen molar-refractivity contribution >= 4 is 29.3 Å². The van der Waals surface area contributed by atoms with Crippen LogP contribution in [0.15, 0.2) is 77.8 Å². The molecule has 5 rings (SSSR count). The van der Waals surface area contributed by atoms with Crippen molar-refractivity contribution in [3.05, 3.63) is 101 Å². The Hall–Kier alpha value is -4.18. The van der Waals surface area contributed by atoms with Crippen LogP contribution in [0.4, 0.5) is 14.5 Å². The maximum absolute atomic E-state index is 15.1. The van der Waals surface area contributed by atoms with E-state index in [0.29, 0.717) is 22.0 Å². The third kappa shape index (κ3) is 4.74. The summed E-state index contributed by atoms with van der Waals surface area (Å²) in [5.41, 5.74) is 2.09. The van der Waals surface area contributed by atoms with Gasteiger partial charge < -0.3 is 10.1 Å². The number of benzene rings is 3. The number of halogens is 2. The van der Waals surface area contributed by atoms with Gasteiger partial charge in [0.2, 0.25) is 11.8 Å². The third-order valence-corrected chi connectivity index (χ3v) is 7.32. The van der Waals surface area contributed by atoms with Gasteiger partial charge in [-0.05, 0) is 37.3 Å². The second-order valence-corrected chi connectivity index (χ2v) is 9.60. The molecule has 0 radical (unpaired) electrons. The topological polar surface area (TPSA) is 76.5 Å². The van der Waals surface area contributed by atoms with Gasteiger partial charge in [-0.1, -0.05) is 48.2 Å². The van der Waals surface area contributed by atoms with Gasteiger partial charge in [0.05, 0.1) is 29.9 Å².